The van der Waals surface area contributed by atoms with E-state index < -0.39 is 28.5 Å². The number of thiazole rings is 1. The summed E-state index contributed by atoms with van der Waals surface area (Å²) in [6.07, 6.45) is 2.63. The van der Waals surface area contributed by atoms with Crippen LogP contribution >= 0.6 is 11.3 Å². The first kappa shape index (κ1) is 29.5. The summed E-state index contributed by atoms with van der Waals surface area (Å²) < 4.78 is 35.3. The molecule has 0 radical (unpaired) electrons. The molecule has 0 spiro atoms. The topological polar surface area (TPSA) is 106 Å². The predicted molar refractivity (Wildman–Crippen MR) is 169 cm³/mol. The van der Waals surface area contributed by atoms with Crippen LogP contribution in [0.25, 0.3) is 20.8 Å². The molecule has 1 aromatic heterocycles. The molecule has 2 fully saturated rings. The van der Waals surface area contributed by atoms with E-state index in [0.717, 1.165) is 40.1 Å². The largest absolute Gasteiger partial charge is 0.452 e. The maximum Gasteiger partial charge on any atom is 0.338 e. The zero-order valence-electron chi connectivity index (χ0n) is 24.7. The summed E-state index contributed by atoms with van der Waals surface area (Å²) in [7, 11) is -3.80. The molecular formula is C33H35N3O5S2. The van der Waals surface area contributed by atoms with Crippen LogP contribution in [0.15, 0.2) is 71.6 Å². The zero-order chi connectivity index (χ0) is 30.6. The van der Waals surface area contributed by atoms with Crippen molar-refractivity contribution in [1.29, 1.82) is 0 Å². The minimum atomic E-state index is -3.80. The van der Waals surface area contributed by atoms with Crippen LogP contribution in [0.2, 0.25) is 0 Å². The molecule has 4 aromatic rings. The second kappa shape index (κ2) is 10.8. The highest BCUT2D eigenvalue weighted by Gasteiger charge is 2.53. The van der Waals surface area contributed by atoms with Crippen LogP contribution in [0.3, 0.4) is 0 Å². The normalized spacial score (nSPS) is 21.5. The van der Waals surface area contributed by atoms with Gasteiger partial charge in [0.15, 0.2) is 6.61 Å². The van der Waals surface area contributed by atoms with Gasteiger partial charge >= 0.3 is 5.97 Å². The molecule has 1 aliphatic carbocycles. The van der Waals surface area contributed by atoms with Crippen molar-refractivity contribution >= 4 is 49.1 Å². The molecule has 3 aromatic carbocycles. The fourth-order valence-corrected chi connectivity index (χ4v) is 9.76. The first-order valence-electron chi connectivity index (χ1n) is 14.4. The maximum absolute atomic E-state index is 13.7. The van der Waals surface area contributed by atoms with E-state index >= 15 is 0 Å². The molecule has 2 aliphatic rings. The molecule has 1 amide bonds. The van der Waals surface area contributed by atoms with Crippen LogP contribution in [0.4, 0.5) is 5.69 Å². The van der Waals surface area contributed by atoms with Gasteiger partial charge in [0.25, 0.3) is 5.91 Å². The monoisotopic (exact) mass is 617 g/mol. The van der Waals surface area contributed by atoms with Crippen LogP contribution in [0.5, 0.6) is 0 Å². The number of anilines is 1. The summed E-state index contributed by atoms with van der Waals surface area (Å²) in [6, 6.07) is 19.3. The molecule has 224 valence electrons. The number of aryl methyl sites for hydroxylation is 1. The third-order valence-electron chi connectivity index (χ3n) is 8.34. The van der Waals surface area contributed by atoms with E-state index in [1.165, 1.54) is 29.8 Å². The SMILES string of the molecule is Cc1ccc2nc(-c3ccc(NC(=O)COC(=O)c4cccc(S(=O)(=O)N5C[C@@]6(C)C[C@@H]5CC(C)(C)C6)c4)cc3)sc2c1. The van der Waals surface area contributed by atoms with Crippen molar-refractivity contribution in [3.05, 3.63) is 77.9 Å². The van der Waals surface area contributed by atoms with Crippen molar-refractivity contribution in [2.45, 2.75) is 57.9 Å². The number of fused-ring (bicyclic) bond motifs is 3. The number of aromatic nitrogens is 1. The highest BCUT2D eigenvalue weighted by atomic mass is 32.2. The molecule has 2 bridgehead atoms. The smallest absolute Gasteiger partial charge is 0.338 e. The Bertz CT molecular complexity index is 1830. The van der Waals surface area contributed by atoms with Crippen LogP contribution in [-0.2, 0) is 19.6 Å². The van der Waals surface area contributed by atoms with Gasteiger partial charge in [0.2, 0.25) is 10.0 Å². The summed E-state index contributed by atoms with van der Waals surface area (Å²) in [5.74, 6) is -1.26. The minimum Gasteiger partial charge on any atom is -0.452 e. The number of nitrogens with zero attached hydrogens (tertiary/aromatic N) is 2. The summed E-state index contributed by atoms with van der Waals surface area (Å²) >= 11 is 1.61. The Labute approximate surface area is 256 Å². The van der Waals surface area contributed by atoms with Crippen molar-refractivity contribution in [3.63, 3.8) is 0 Å². The fourth-order valence-electron chi connectivity index (χ4n) is 6.87. The summed E-state index contributed by atoms with van der Waals surface area (Å²) in [5.41, 5.74) is 3.73. The van der Waals surface area contributed by atoms with Gasteiger partial charge in [0.05, 0.1) is 20.7 Å². The molecule has 1 N–H and O–H groups in total. The van der Waals surface area contributed by atoms with Gasteiger partial charge in [0.1, 0.15) is 5.01 Å². The van der Waals surface area contributed by atoms with E-state index in [0.29, 0.717) is 12.2 Å². The Morgan fingerprint density at radius 1 is 1.05 bits per heavy atom. The van der Waals surface area contributed by atoms with Crippen LogP contribution < -0.4 is 5.32 Å². The fraction of sp³-hybridized carbons (Fsp3) is 0.364. The van der Waals surface area contributed by atoms with E-state index in [4.69, 9.17) is 9.72 Å². The van der Waals surface area contributed by atoms with E-state index in [-0.39, 0.29) is 27.3 Å². The Kier molecular flexibility index (Phi) is 7.43. The van der Waals surface area contributed by atoms with E-state index in [2.05, 4.69) is 39.1 Å². The summed E-state index contributed by atoms with van der Waals surface area (Å²) in [5, 5.41) is 3.62. The lowest BCUT2D eigenvalue weighted by atomic mass is 9.65. The molecule has 1 saturated carbocycles. The zero-order valence-corrected chi connectivity index (χ0v) is 26.3. The van der Waals surface area contributed by atoms with Gasteiger partial charge in [-0.3, -0.25) is 4.79 Å². The first-order chi connectivity index (χ1) is 20.3. The number of hydrogen-bond donors (Lipinski definition) is 1. The van der Waals surface area contributed by atoms with Gasteiger partial charge in [-0.15, -0.1) is 11.3 Å². The van der Waals surface area contributed by atoms with Crippen molar-refractivity contribution in [2.24, 2.45) is 10.8 Å². The molecule has 0 unspecified atom stereocenters. The number of benzene rings is 3. The van der Waals surface area contributed by atoms with E-state index in [9.17, 15) is 18.0 Å². The number of nitrogens with one attached hydrogen (secondary N) is 1. The third kappa shape index (κ3) is 6.09. The van der Waals surface area contributed by atoms with Gasteiger partial charge in [-0.2, -0.15) is 4.31 Å². The van der Waals surface area contributed by atoms with Gasteiger partial charge in [-0.05, 0) is 97.2 Å². The standard InChI is InChI=1S/C33H35N3O5S2/c1-21-8-13-27-28(14-21)42-30(35-27)22-9-11-24(12-10-22)34-29(37)18-41-31(38)23-6-5-7-26(15-23)43(39,40)36-20-33(4)17-25(36)16-32(2,3)19-33/h5-15,25H,16-20H2,1-4H3,(H,34,37)/t25-,33-/m0/s1. The number of carbonyl (C=O) groups excluding carboxylic acids is 2. The molecule has 43 heavy (non-hydrogen) atoms. The van der Waals surface area contributed by atoms with E-state index in [1.807, 2.05) is 24.3 Å². The molecule has 10 heteroatoms. The Hall–Kier alpha value is -3.60. The lowest BCUT2D eigenvalue weighted by Gasteiger charge is -2.39. The highest BCUT2D eigenvalue weighted by Crippen LogP contribution is 2.53. The van der Waals surface area contributed by atoms with E-state index in [1.54, 1.807) is 27.8 Å². The average molecular weight is 618 g/mol. The Morgan fingerprint density at radius 2 is 1.81 bits per heavy atom. The number of ether oxygens (including phenoxy) is 1. The Morgan fingerprint density at radius 3 is 2.58 bits per heavy atom. The van der Waals surface area contributed by atoms with Crippen molar-refractivity contribution in [3.8, 4) is 10.6 Å². The summed E-state index contributed by atoms with van der Waals surface area (Å²) in [6.45, 7) is 8.57. The van der Waals surface area contributed by atoms with Crippen molar-refractivity contribution in [2.75, 3.05) is 18.5 Å². The quantitative estimate of drug-likeness (QED) is 0.233. The summed E-state index contributed by atoms with van der Waals surface area (Å²) in [4.78, 5) is 30.1. The third-order valence-corrected chi connectivity index (χ3v) is 11.3. The van der Waals surface area contributed by atoms with Gasteiger partial charge in [-0.1, -0.05) is 32.9 Å². The molecule has 2 atom stereocenters. The number of amides is 1. The lowest BCUT2D eigenvalue weighted by molar-refractivity contribution is -0.119. The number of esters is 1. The molecule has 8 nitrogen and oxygen atoms in total. The lowest BCUT2D eigenvalue weighted by Crippen LogP contribution is -2.37. The first-order valence-corrected chi connectivity index (χ1v) is 16.6. The minimum absolute atomic E-state index is 0.0571. The average Bonchev–Trinajstić information content (AvgIpc) is 3.48. The highest BCUT2D eigenvalue weighted by molar-refractivity contribution is 7.89. The second-order valence-corrected chi connectivity index (χ2v) is 15.9. The van der Waals surface area contributed by atoms with Crippen molar-refractivity contribution in [1.82, 2.24) is 9.29 Å². The molecular weight excluding hydrogens is 583 g/mol. The van der Waals surface area contributed by atoms with Gasteiger partial charge in [0, 0.05) is 23.8 Å². The van der Waals surface area contributed by atoms with Gasteiger partial charge in [-0.25, -0.2) is 18.2 Å². The van der Waals surface area contributed by atoms with Crippen LogP contribution in [0.1, 0.15) is 56.0 Å². The maximum atomic E-state index is 13.7. The molecule has 6 rings (SSSR count). The van der Waals surface area contributed by atoms with Gasteiger partial charge < -0.3 is 10.1 Å². The Balaban J connectivity index is 1.07. The van der Waals surface area contributed by atoms with Crippen molar-refractivity contribution < 1.29 is 22.7 Å². The number of hydrogen-bond acceptors (Lipinski definition) is 7. The molecule has 1 saturated heterocycles. The number of sulfonamides is 1. The second-order valence-electron chi connectivity index (χ2n) is 13.0. The van der Waals surface area contributed by atoms with Crippen LogP contribution in [0, 0.1) is 17.8 Å². The number of carbonyl (C=O) groups is 2. The van der Waals surface area contributed by atoms with Crippen LogP contribution in [-0.4, -0.2) is 48.8 Å². The molecule has 2 heterocycles. The predicted octanol–water partition coefficient (Wildman–Crippen LogP) is 6.66. The number of rotatable bonds is 7. The molecule has 1 aliphatic heterocycles.